The first-order valence-corrected chi connectivity index (χ1v) is 13.5. The van der Waals surface area contributed by atoms with Gasteiger partial charge in [0, 0.05) is 20.0 Å². The Morgan fingerprint density at radius 3 is 1.82 bits per heavy atom. The van der Waals surface area contributed by atoms with E-state index in [2.05, 4.69) is 52.1 Å². The molecule has 3 rings (SSSR count). The summed E-state index contributed by atoms with van der Waals surface area (Å²) >= 11 is 6.70. The molecule has 0 aliphatic rings. The van der Waals surface area contributed by atoms with Crippen molar-refractivity contribution in [2.24, 2.45) is 5.84 Å². The first-order valence-electron chi connectivity index (χ1n) is 11.9. The maximum Gasteiger partial charge on any atom is 0.303 e. The third-order valence-corrected chi connectivity index (χ3v) is 5.99. The van der Waals surface area contributed by atoms with Crippen LogP contribution in [0, 0.1) is 24.5 Å². The number of nitrogen functional groups attached to an aromatic ring is 1. The van der Waals surface area contributed by atoms with Crippen LogP contribution in [0.25, 0.3) is 26.7 Å². The van der Waals surface area contributed by atoms with Crippen molar-refractivity contribution in [3.05, 3.63) is 91.6 Å². The van der Waals surface area contributed by atoms with Crippen molar-refractivity contribution >= 4 is 49.1 Å². The number of hydrogen-bond donors (Lipinski definition) is 3. The maximum absolute atomic E-state index is 8.73. The van der Waals surface area contributed by atoms with Crippen LogP contribution < -0.4 is 17.0 Å². The Morgan fingerprint density at radius 1 is 1.00 bits per heavy atom. The number of nitrogens with zero attached hydrogens (tertiary/aromatic N) is 5. The van der Waals surface area contributed by atoms with E-state index in [9.17, 15) is 0 Å². The Morgan fingerprint density at radius 2 is 1.48 bits per heavy atom. The molecule has 11 heteroatoms. The fraction of sp³-hybridized carbons (Fsp3) is 0.310. The first-order chi connectivity index (χ1) is 18.6. The van der Waals surface area contributed by atoms with Crippen LogP contribution in [0.4, 0.5) is 11.5 Å². The highest BCUT2D eigenvalue weighted by Crippen LogP contribution is 2.37. The number of nitriles is 1. The number of ether oxygens (including phenoxy) is 1. The summed E-state index contributed by atoms with van der Waals surface area (Å²) in [4.78, 5) is 6.64. The van der Waals surface area contributed by atoms with E-state index in [4.69, 9.17) is 34.7 Å². The number of aromatic nitrogens is 2. The summed E-state index contributed by atoms with van der Waals surface area (Å²) in [5, 5.41) is 13.2. The maximum atomic E-state index is 8.73. The van der Waals surface area contributed by atoms with Crippen molar-refractivity contribution in [1.29, 1.82) is 5.26 Å². The van der Waals surface area contributed by atoms with Crippen LogP contribution in [0.15, 0.2) is 63.2 Å². The molecule has 1 aromatic heterocycles. The van der Waals surface area contributed by atoms with Gasteiger partial charge in [0.2, 0.25) is 0 Å². The van der Waals surface area contributed by atoms with Crippen molar-refractivity contribution in [1.82, 2.24) is 15.2 Å². The Balaban J connectivity index is 0.000000340. The quantitative estimate of drug-likeness (QED) is 0.0865. The summed E-state index contributed by atoms with van der Waals surface area (Å²) in [5.41, 5.74) is 11.1. The van der Waals surface area contributed by atoms with E-state index in [-0.39, 0.29) is 16.8 Å². The lowest BCUT2D eigenvalue weighted by Crippen LogP contribution is -2.41. The van der Waals surface area contributed by atoms with Gasteiger partial charge in [-0.1, -0.05) is 56.1 Å². The van der Waals surface area contributed by atoms with Gasteiger partial charge in [0.1, 0.15) is 17.3 Å². The normalized spacial score (nSPS) is 11.3. The smallest absolute Gasteiger partial charge is 0.303 e. The topological polar surface area (TPSA) is 124 Å². The Bertz CT molecular complexity index is 1410. The highest BCUT2D eigenvalue weighted by Gasteiger charge is 2.24. The molecule has 0 fully saturated rings. The third kappa shape index (κ3) is 10.1. The fourth-order valence-electron chi connectivity index (χ4n) is 2.93. The number of rotatable bonds is 3. The van der Waals surface area contributed by atoms with Crippen molar-refractivity contribution in [2.75, 3.05) is 12.8 Å². The van der Waals surface area contributed by atoms with Gasteiger partial charge in [0.05, 0.1) is 31.9 Å². The third-order valence-electron chi connectivity index (χ3n) is 4.94. The number of hydrogen-bond acceptors (Lipinski definition) is 6. The van der Waals surface area contributed by atoms with Gasteiger partial charge < -0.3 is 10.5 Å². The number of halogens is 2. The van der Waals surface area contributed by atoms with Crippen molar-refractivity contribution in [3.63, 3.8) is 0 Å². The number of benzene rings is 2. The summed E-state index contributed by atoms with van der Waals surface area (Å²) < 4.78 is 8.68. The predicted molar refractivity (Wildman–Crippen MR) is 168 cm³/mol. The second kappa shape index (κ2) is 15.2. The molecule has 0 spiro atoms. The van der Waals surface area contributed by atoms with Crippen LogP contribution in [0.1, 0.15) is 47.1 Å². The molecular formula is C29H34Br2N8O. The van der Waals surface area contributed by atoms with Gasteiger partial charge in [-0.15, -0.1) is 0 Å². The van der Waals surface area contributed by atoms with Gasteiger partial charge in [0.15, 0.2) is 0 Å². The summed E-state index contributed by atoms with van der Waals surface area (Å²) in [6, 6.07) is 16.7. The molecule has 0 atom stereocenters. The monoisotopic (exact) mass is 668 g/mol. The number of anilines is 1. The van der Waals surface area contributed by atoms with E-state index in [1.54, 1.807) is 22.9 Å². The van der Waals surface area contributed by atoms with Crippen molar-refractivity contribution in [2.45, 2.75) is 52.6 Å². The van der Waals surface area contributed by atoms with E-state index >= 15 is 0 Å². The molecule has 210 valence electrons. The van der Waals surface area contributed by atoms with Gasteiger partial charge >= 0.3 is 5.70 Å². The summed E-state index contributed by atoms with van der Waals surface area (Å²) in [5.74, 6) is 5.78. The minimum Gasteiger partial charge on any atom is -0.506 e. The molecule has 0 aliphatic heterocycles. The molecule has 5 N–H and O–H groups in total. The molecule has 0 bridgehead atoms. The lowest BCUT2D eigenvalue weighted by molar-refractivity contribution is 0.362. The summed E-state index contributed by atoms with van der Waals surface area (Å²) in [7, 11) is 1.44. The van der Waals surface area contributed by atoms with Gasteiger partial charge in [-0.05, 0) is 71.4 Å². The highest BCUT2D eigenvalue weighted by atomic mass is 79.9. The molecule has 0 saturated carbocycles. The predicted octanol–water partition coefficient (Wildman–Crippen LogP) is 7.66. The number of nitrogens with two attached hydrogens (primary N) is 2. The summed E-state index contributed by atoms with van der Waals surface area (Å²) in [6.07, 6.45) is 0. The second-order valence-corrected chi connectivity index (χ2v) is 12.1. The Kier molecular flexibility index (Phi) is 13.1. The van der Waals surface area contributed by atoms with Gasteiger partial charge in [-0.3, -0.25) is 16.0 Å². The molecular weight excluding hydrogens is 636 g/mol. The van der Waals surface area contributed by atoms with Crippen molar-refractivity contribution < 1.29 is 4.74 Å². The molecule has 2 aromatic carbocycles. The number of nitrogens with one attached hydrogen (secondary N) is 1. The minimum absolute atomic E-state index is 0.0418. The average molecular weight is 670 g/mol. The van der Waals surface area contributed by atoms with E-state index < -0.39 is 0 Å². The lowest BCUT2D eigenvalue weighted by atomic mass is 10.1. The molecule has 0 aliphatic carbocycles. The molecule has 0 radical (unpaired) electrons. The molecule has 0 unspecified atom stereocenters. The lowest BCUT2D eigenvalue weighted by Gasteiger charge is -2.21. The molecule has 9 nitrogen and oxygen atoms in total. The van der Waals surface area contributed by atoms with E-state index in [0.29, 0.717) is 28.5 Å². The summed E-state index contributed by atoms with van der Waals surface area (Å²) in [6.45, 7) is 26.2. The average Bonchev–Trinajstić information content (AvgIpc) is 3.25. The largest absolute Gasteiger partial charge is 0.506 e. The van der Waals surface area contributed by atoms with Gasteiger partial charge in [-0.2, -0.15) is 5.10 Å². The zero-order valence-corrected chi connectivity index (χ0v) is 26.8. The van der Waals surface area contributed by atoms with E-state index in [1.165, 1.54) is 7.11 Å². The highest BCUT2D eigenvalue weighted by molar-refractivity contribution is 9.10. The van der Waals surface area contributed by atoms with Crippen LogP contribution in [0.5, 0.6) is 0 Å². The van der Waals surface area contributed by atoms with Crippen LogP contribution in [-0.2, 0) is 10.3 Å². The van der Waals surface area contributed by atoms with Crippen LogP contribution in [0.3, 0.4) is 0 Å². The molecule has 0 amide bonds. The first kappa shape index (κ1) is 34.4. The van der Waals surface area contributed by atoms with E-state index in [1.807, 2.05) is 77.9 Å². The molecule has 40 heavy (non-hydrogen) atoms. The zero-order valence-electron chi connectivity index (χ0n) is 23.7. The molecule has 1 heterocycles. The number of hydrazine groups is 1. The van der Waals surface area contributed by atoms with Gasteiger partial charge in [-0.25, -0.2) is 15.0 Å². The molecule has 3 aromatic rings. The molecule has 0 saturated heterocycles. The zero-order chi connectivity index (χ0) is 30.7. The SMILES string of the molecule is CC(C)(C)NN.[C-]#[N+]/C(C#N)=C(/OC)c1ccc(Br)cc1.[C-]#[N+]c1c(-c2ccc(Br)cc2)nn(C(C)(C)C)c1N. The minimum atomic E-state index is -0.253. The van der Waals surface area contributed by atoms with Crippen LogP contribution in [0.2, 0.25) is 0 Å². The van der Waals surface area contributed by atoms with Crippen LogP contribution in [-0.4, -0.2) is 22.4 Å². The Labute approximate surface area is 253 Å². The number of methoxy groups -OCH3 is 1. The van der Waals surface area contributed by atoms with Gasteiger partial charge in [0.25, 0.3) is 5.69 Å². The fourth-order valence-corrected chi connectivity index (χ4v) is 3.45. The van der Waals surface area contributed by atoms with Crippen LogP contribution >= 0.6 is 31.9 Å². The van der Waals surface area contributed by atoms with Crippen molar-refractivity contribution in [3.8, 4) is 17.3 Å². The Hall–Kier alpha value is -3.66. The van der Waals surface area contributed by atoms with E-state index in [0.717, 1.165) is 14.5 Å². The number of allylic oxidation sites excluding steroid dienone is 1. The standard InChI is InChI=1S/C14H15BrN4.C11H7BrN2O.C4H12N2/c1-14(2,3)19-13(16)12(17-4)11(18-19)9-5-7-10(15)8-6-9;1-14-10(7-13)11(15-2)8-3-5-9(12)6-4-8;1-4(2,3)6-5/h5-8H,16H2,1-3H3;3-6H,2H3;6H,5H2,1-3H3/b;11-10+;. The second-order valence-electron chi connectivity index (χ2n) is 10.3.